The van der Waals surface area contributed by atoms with Crippen LogP contribution in [0.3, 0.4) is 0 Å². The SMILES string of the molecule is CC(COc1ccc(F)cc1F)NC(=O)N(C)CC1CCCC1O. The van der Waals surface area contributed by atoms with Crippen molar-refractivity contribution in [2.75, 3.05) is 20.2 Å². The first-order valence-electron chi connectivity index (χ1n) is 8.14. The van der Waals surface area contributed by atoms with Crippen LogP contribution in [0.4, 0.5) is 13.6 Å². The maximum absolute atomic E-state index is 13.5. The average molecular weight is 342 g/mol. The average Bonchev–Trinajstić information content (AvgIpc) is 2.91. The van der Waals surface area contributed by atoms with Crippen LogP contribution >= 0.6 is 0 Å². The number of carbonyl (C=O) groups is 1. The fourth-order valence-corrected chi connectivity index (χ4v) is 2.83. The Hall–Kier alpha value is -1.89. The van der Waals surface area contributed by atoms with Crippen LogP contribution < -0.4 is 10.1 Å². The molecule has 5 nitrogen and oxygen atoms in total. The molecule has 24 heavy (non-hydrogen) atoms. The van der Waals surface area contributed by atoms with Crippen molar-refractivity contribution in [3.05, 3.63) is 29.8 Å². The predicted molar refractivity (Wildman–Crippen MR) is 85.8 cm³/mol. The van der Waals surface area contributed by atoms with Crippen LogP contribution in [-0.2, 0) is 0 Å². The predicted octanol–water partition coefficient (Wildman–Crippen LogP) is 2.53. The maximum atomic E-state index is 13.5. The molecular formula is C17H24F2N2O3. The Morgan fingerprint density at radius 3 is 2.83 bits per heavy atom. The van der Waals surface area contributed by atoms with E-state index in [2.05, 4.69) is 5.32 Å². The van der Waals surface area contributed by atoms with Crippen LogP contribution in [-0.4, -0.2) is 48.4 Å². The number of amides is 2. The molecule has 2 N–H and O–H groups in total. The number of rotatable bonds is 6. The van der Waals surface area contributed by atoms with Gasteiger partial charge >= 0.3 is 6.03 Å². The van der Waals surface area contributed by atoms with E-state index >= 15 is 0 Å². The van der Waals surface area contributed by atoms with E-state index in [1.807, 2.05) is 0 Å². The highest BCUT2D eigenvalue weighted by atomic mass is 19.1. The number of benzene rings is 1. The second-order valence-electron chi connectivity index (χ2n) is 6.38. The normalized spacial score (nSPS) is 21.4. The molecule has 0 saturated heterocycles. The molecule has 7 heteroatoms. The highest BCUT2D eigenvalue weighted by Crippen LogP contribution is 2.26. The Morgan fingerprint density at radius 2 is 2.21 bits per heavy atom. The molecule has 1 aliphatic rings. The number of halogens is 2. The molecule has 1 aromatic rings. The van der Waals surface area contributed by atoms with E-state index < -0.39 is 11.6 Å². The minimum absolute atomic E-state index is 0.0556. The lowest BCUT2D eigenvalue weighted by Gasteiger charge is -2.25. The summed E-state index contributed by atoms with van der Waals surface area (Å²) < 4.78 is 31.6. The van der Waals surface area contributed by atoms with Gasteiger partial charge in [-0.1, -0.05) is 6.42 Å². The van der Waals surface area contributed by atoms with Gasteiger partial charge < -0.3 is 20.1 Å². The highest BCUT2D eigenvalue weighted by Gasteiger charge is 2.27. The van der Waals surface area contributed by atoms with Crippen LogP contribution in [0.15, 0.2) is 18.2 Å². The van der Waals surface area contributed by atoms with Crippen molar-refractivity contribution in [2.45, 2.75) is 38.3 Å². The number of aliphatic hydroxyl groups is 1. The number of ether oxygens (including phenoxy) is 1. The lowest BCUT2D eigenvalue weighted by molar-refractivity contribution is 0.113. The van der Waals surface area contributed by atoms with Crippen molar-refractivity contribution < 1.29 is 23.4 Å². The smallest absolute Gasteiger partial charge is 0.317 e. The summed E-state index contributed by atoms with van der Waals surface area (Å²) in [4.78, 5) is 13.7. The van der Waals surface area contributed by atoms with Crippen molar-refractivity contribution in [1.82, 2.24) is 10.2 Å². The number of hydrogen-bond donors (Lipinski definition) is 2. The van der Waals surface area contributed by atoms with Gasteiger partial charge in [0.1, 0.15) is 12.4 Å². The molecule has 3 atom stereocenters. The van der Waals surface area contributed by atoms with E-state index in [-0.39, 0.29) is 36.5 Å². The Balaban J connectivity index is 1.76. The molecule has 0 aromatic heterocycles. The van der Waals surface area contributed by atoms with Crippen molar-refractivity contribution in [3.63, 3.8) is 0 Å². The van der Waals surface area contributed by atoms with E-state index in [9.17, 15) is 18.7 Å². The van der Waals surface area contributed by atoms with E-state index in [0.717, 1.165) is 31.4 Å². The van der Waals surface area contributed by atoms with E-state index in [1.54, 1.807) is 14.0 Å². The van der Waals surface area contributed by atoms with Gasteiger partial charge in [-0.25, -0.2) is 13.6 Å². The third-order valence-electron chi connectivity index (χ3n) is 4.23. The van der Waals surface area contributed by atoms with Crippen molar-refractivity contribution >= 4 is 6.03 Å². The third-order valence-corrected chi connectivity index (χ3v) is 4.23. The molecule has 1 aromatic carbocycles. The number of carbonyl (C=O) groups excluding carboxylic acids is 1. The summed E-state index contributed by atoms with van der Waals surface area (Å²) in [6.07, 6.45) is 2.34. The molecular weight excluding hydrogens is 318 g/mol. The molecule has 1 saturated carbocycles. The first-order valence-corrected chi connectivity index (χ1v) is 8.14. The molecule has 3 unspecified atom stereocenters. The standard InChI is InChI=1S/C17H24F2N2O3/c1-11(10-24-16-7-6-13(18)8-14(16)19)20-17(23)21(2)9-12-4-3-5-15(12)22/h6-8,11-12,15,22H,3-5,9-10H2,1-2H3,(H,20,23). The molecule has 0 radical (unpaired) electrons. The van der Waals surface area contributed by atoms with Gasteiger partial charge in [-0.3, -0.25) is 0 Å². The minimum atomic E-state index is -0.777. The Bertz CT molecular complexity index is 571. The van der Waals surface area contributed by atoms with Gasteiger partial charge in [0.2, 0.25) is 0 Å². The number of aliphatic hydroxyl groups excluding tert-OH is 1. The molecule has 0 bridgehead atoms. The van der Waals surface area contributed by atoms with E-state index in [1.165, 1.54) is 11.0 Å². The molecule has 0 heterocycles. The molecule has 2 amide bonds. The van der Waals surface area contributed by atoms with Gasteiger partial charge in [-0.15, -0.1) is 0 Å². The van der Waals surface area contributed by atoms with Crippen LogP contribution in [0.1, 0.15) is 26.2 Å². The summed E-state index contributed by atoms with van der Waals surface area (Å²) in [7, 11) is 1.67. The summed E-state index contributed by atoms with van der Waals surface area (Å²) in [6, 6.07) is 2.46. The number of nitrogens with zero attached hydrogens (tertiary/aromatic N) is 1. The highest BCUT2D eigenvalue weighted by molar-refractivity contribution is 5.74. The summed E-state index contributed by atoms with van der Waals surface area (Å²) in [5, 5.41) is 12.6. The molecule has 0 aliphatic heterocycles. The van der Waals surface area contributed by atoms with Crippen molar-refractivity contribution in [3.8, 4) is 5.75 Å². The van der Waals surface area contributed by atoms with Crippen LogP contribution in [0.25, 0.3) is 0 Å². The quantitative estimate of drug-likeness (QED) is 0.835. The lowest BCUT2D eigenvalue weighted by Crippen LogP contribution is -2.46. The second-order valence-corrected chi connectivity index (χ2v) is 6.38. The first kappa shape index (κ1) is 18.4. The largest absolute Gasteiger partial charge is 0.488 e. The second kappa shape index (κ2) is 8.28. The minimum Gasteiger partial charge on any atom is -0.488 e. The first-order chi connectivity index (χ1) is 11.4. The van der Waals surface area contributed by atoms with Gasteiger partial charge in [0.05, 0.1) is 12.1 Å². The zero-order valence-corrected chi connectivity index (χ0v) is 14.0. The number of hydrogen-bond acceptors (Lipinski definition) is 3. The van der Waals surface area contributed by atoms with E-state index in [4.69, 9.17) is 4.74 Å². The summed E-state index contributed by atoms with van der Waals surface area (Å²) in [5.41, 5.74) is 0. The van der Waals surface area contributed by atoms with Gasteiger partial charge in [-0.2, -0.15) is 0 Å². The molecule has 1 aliphatic carbocycles. The van der Waals surface area contributed by atoms with Crippen LogP contribution in [0, 0.1) is 17.6 Å². The molecule has 2 rings (SSSR count). The summed E-state index contributed by atoms with van der Waals surface area (Å²) in [6.45, 7) is 2.29. The van der Waals surface area contributed by atoms with Gasteiger partial charge in [0, 0.05) is 25.6 Å². The maximum Gasteiger partial charge on any atom is 0.317 e. The van der Waals surface area contributed by atoms with Crippen molar-refractivity contribution in [1.29, 1.82) is 0 Å². The van der Waals surface area contributed by atoms with Gasteiger partial charge in [0.15, 0.2) is 11.6 Å². The monoisotopic (exact) mass is 342 g/mol. The number of nitrogens with one attached hydrogen (secondary N) is 1. The Kier molecular flexibility index (Phi) is 6.36. The fourth-order valence-electron chi connectivity index (χ4n) is 2.83. The Labute approximate surface area is 140 Å². The van der Waals surface area contributed by atoms with Crippen LogP contribution in [0.5, 0.6) is 5.75 Å². The molecule has 134 valence electrons. The Morgan fingerprint density at radius 1 is 1.46 bits per heavy atom. The summed E-state index contributed by atoms with van der Waals surface area (Å²) in [5.74, 6) is -1.39. The van der Waals surface area contributed by atoms with Crippen molar-refractivity contribution in [2.24, 2.45) is 5.92 Å². The van der Waals surface area contributed by atoms with Crippen LogP contribution in [0.2, 0.25) is 0 Å². The third kappa shape index (κ3) is 5.06. The molecule has 0 spiro atoms. The number of urea groups is 1. The zero-order valence-electron chi connectivity index (χ0n) is 14.0. The lowest BCUT2D eigenvalue weighted by atomic mass is 10.1. The fraction of sp³-hybridized carbons (Fsp3) is 0.588. The van der Waals surface area contributed by atoms with E-state index in [0.29, 0.717) is 6.54 Å². The molecule has 1 fully saturated rings. The topological polar surface area (TPSA) is 61.8 Å². The summed E-state index contributed by atoms with van der Waals surface area (Å²) >= 11 is 0. The van der Waals surface area contributed by atoms with Gasteiger partial charge in [-0.05, 0) is 31.9 Å². The van der Waals surface area contributed by atoms with Gasteiger partial charge in [0.25, 0.3) is 0 Å². The zero-order chi connectivity index (χ0) is 17.7.